The number of aromatic nitrogens is 1. The van der Waals surface area contributed by atoms with Crippen LogP contribution in [0.5, 0.6) is 5.75 Å². The van der Waals surface area contributed by atoms with Crippen LogP contribution in [0.1, 0.15) is 28.8 Å². The zero-order valence-corrected chi connectivity index (χ0v) is 13.9. The van der Waals surface area contributed by atoms with Gasteiger partial charge >= 0.3 is 0 Å². The third-order valence-corrected chi connectivity index (χ3v) is 4.67. The van der Waals surface area contributed by atoms with Gasteiger partial charge < -0.3 is 15.3 Å². The molecule has 1 aliphatic heterocycles. The molecule has 1 aliphatic rings. The van der Waals surface area contributed by atoms with Gasteiger partial charge in [-0.25, -0.2) is 0 Å². The SMILES string of the molecule is Cc1ccc(C(=O)NCC2CCN(c3ccncc3)CC2)cc1O. The number of aryl methyl sites for hydroxylation is 1. The van der Waals surface area contributed by atoms with E-state index in [1.54, 1.807) is 12.1 Å². The molecule has 0 radical (unpaired) electrons. The molecule has 0 atom stereocenters. The summed E-state index contributed by atoms with van der Waals surface area (Å²) >= 11 is 0. The first-order valence-corrected chi connectivity index (χ1v) is 8.36. The molecular formula is C19H23N3O2. The van der Waals surface area contributed by atoms with Crippen molar-refractivity contribution >= 4 is 11.6 Å². The highest BCUT2D eigenvalue weighted by molar-refractivity contribution is 5.94. The maximum absolute atomic E-state index is 12.2. The molecule has 5 nitrogen and oxygen atoms in total. The highest BCUT2D eigenvalue weighted by Gasteiger charge is 2.20. The molecule has 1 fully saturated rings. The Morgan fingerprint density at radius 2 is 1.96 bits per heavy atom. The molecule has 0 unspecified atom stereocenters. The van der Waals surface area contributed by atoms with Crippen LogP contribution in [0.3, 0.4) is 0 Å². The summed E-state index contributed by atoms with van der Waals surface area (Å²) in [7, 11) is 0. The molecule has 1 saturated heterocycles. The molecule has 3 rings (SSSR count). The predicted octanol–water partition coefficient (Wildman–Crippen LogP) is 2.74. The molecule has 5 heteroatoms. The van der Waals surface area contributed by atoms with Gasteiger partial charge in [0.15, 0.2) is 0 Å². The number of hydrogen-bond acceptors (Lipinski definition) is 4. The Kier molecular flexibility index (Phi) is 4.99. The van der Waals surface area contributed by atoms with E-state index < -0.39 is 0 Å². The molecule has 2 aromatic rings. The molecule has 0 aliphatic carbocycles. The quantitative estimate of drug-likeness (QED) is 0.907. The molecule has 24 heavy (non-hydrogen) atoms. The lowest BCUT2D eigenvalue weighted by molar-refractivity contribution is 0.0944. The number of pyridine rings is 1. The van der Waals surface area contributed by atoms with Crippen molar-refractivity contribution in [1.29, 1.82) is 0 Å². The van der Waals surface area contributed by atoms with Crippen molar-refractivity contribution in [2.45, 2.75) is 19.8 Å². The minimum Gasteiger partial charge on any atom is -0.508 e. The number of hydrogen-bond donors (Lipinski definition) is 2. The monoisotopic (exact) mass is 325 g/mol. The lowest BCUT2D eigenvalue weighted by Gasteiger charge is -2.33. The van der Waals surface area contributed by atoms with Crippen LogP contribution in [-0.4, -0.2) is 35.6 Å². The van der Waals surface area contributed by atoms with Gasteiger partial charge in [0.05, 0.1) is 0 Å². The van der Waals surface area contributed by atoms with Crippen LogP contribution in [0, 0.1) is 12.8 Å². The maximum atomic E-state index is 12.2. The van der Waals surface area contributed by atoms with Crippen molar-refractivity contribution in [2.75, 3.05) is 24.5 Å². The number of nitrogens with zero attached hydrogens (tertiary/aromatic N) is 2. The summed E-state index contributed by atoms with van der Waals surface area (Å²) in [5.41, 5.74) is 2.49. The van der Waals surface area contributed by atoms with Gasteiger partial charge in [0.25, 0.3) is 5.91 Å². The molecule has 126 valence electrons. The number of phenols is 1. The number of anilines is 1. The number of piperidine rings is 1. The fraction of sp³-hybridized carbons (Fsp3) is 0.368. The summed E-state index contributed by atoms with van der Waals surface area (Å²) in [4.78, 5) is 18.6. The van der Waals surface area contributed by atoms with Gasteiger partial charge in [0, 0.05) is 43.3 Å². The van der Waals surface area contributed by atoms with Crippen molar-refractivity contribution in [2.24, 2.45) is 5.92 Å². The summed E-state index contributed by atoms with van der Waals surface area (Å²) in [6, 6.07) is 9.10. The van der Waals surface area contributed by atoms with Crippen molar-refractivity contribution in [1.82, 2.24) is 10.3 Å². The van der Waals surface area contributed by atoms with Gasteiger partial charge in [-0.15, -0.1) is 0 Å². The third kappa shape index (κ3) is 3.85. The van der Waals surface area contributed by atoms with Gasteiger partial charge in [0.2, 0.25) is 0 Å². The topological polar surface area (TPSA) is 65.5 Å². The van der Waals surface area contributed by atoms with E-state index in [2.05, 4.69) is 15.2 Å². The zero-order chi connectivity index (χ0) is 16.9. The lowest BCUT2D eigenvalue weighted by atomic mass is 9.96. The van der Waals surface area contributed by atoms with Crippen molar-refractivity contribution in [3.8, 4) is 5.75 Å². The van der Waals surface area contributed by atoms with Crippen LogP contribution in [0.4, 0.5) is 5.69 Å². The van der Waals surface area contributed by atoms with Crippen molar-refractivity contribution < 1.29 is 9.90 Å². The number of phenolic OH excluding ortho intramolecular Hbond substituents is 1. The standard InChI is InChI=1S/C19H23N3O2/c1-14-2-3-16(12-18(14)23)19(24)21-13-15-6-10-22(11-7-15)17-4-8-20-9-5-17/h2-5,8-9,12,15,23H,6-7,10-11,13H2,1H3,(H,21,24). The van der Waals surface area contributed by atoms with Gasteiger partial charge in [-0.1, -0.05) is 6.07 Å². The molecule has 2 heterocycles. The van der Waals surface area contributed by atoms with Crippen LogP contribution >= 0.6 is 0 Å². The number of nitrogens with one attached hydrogen (secondary N) is 1. The molecule has 1 aromatic carbocycles. The summed E-state index contributed by atoms with van der Waals surface area (Å²) in [6.45, 7) is 4.48. The Bertz CT molecular complexity index is 695. The fourth-order valence-corrected chi connectivity index (χ4v) is 3.04. The molecule has 1 aromatic heterocycles. The Hall–Kier alpha value is -2.56. The summed E-state index contributed by atoms with van der Waals surface area (Å²) in [5.74, 6) is 0.529. The first-order valence-electron chi connectivity index (χ1n) is 8.36. The second kappa shape index (κ2) is 7.34. The van der Waals surface area contributed by atoms with E-state index in [0.29, 0.717) is 18.0 Å². The average molecular weight is 325 g/mol. The Labute approximate surface area is 142 Å². The number of rotatable bonds is 4. The number of benzene rings is 1. The van der Waals surface area contributed by atoms with Crippen LogP contribution < -0.4 is 10.2 Å². The van der Waals surface area contributed by atoms with Crippen LogP contribution in [0.15, 0.2) is 42.7 Å². The second-order valence-corrected chi connectivity index (χ2v) is 6.35. The highest BCUT2D eigenvalue weighted by atomic mass is 16.3. The van der Waals surface area contributed by atoms with E-state index in [4.69, 9.17) is 0 Å². The van der Waals surface area contributed by atoms with Gasteiger partial charge in [-0.2, -0.15) is 0 Å². The van der Waals surface area contributed by atoms with E-state index in [1.807, 2.05) is 31.5 Å². The van der Waals surface area contributed by atoms with E-state index >= 15 is 0 Å². The Balaban J connectivity index is 1.48. The highest BCUT2D eigenvalue weighted by Crippen LogP contribution is 2.22. The molecule has 2 N–H and O–H groups in total. The molecule has 0 spiro atoms. The van der Waals surface area contributed by atoms with Gasteiger partial charge in [0.1, 0.15) is 5.75 Å². The average Bonchev–Trinajstić information content (AvgIpc) is 2.63. The Morgan fingerprint density at radius 1 is 1.25 bits per heavy atom. The van der Waals surface area contributed by atoms with E-state index in [-0.39, 0.29) is 11.7 Å². The third-order valence-electron chi connectivity index (χ3n) is 4.67. The maximum Gasteiger partial charge on any atom is 0.251 e. The normalized spacial score (nSPS) is 15.3. The Morgan fingerprint density at radius 3 is 2.62 bits per heavy atom. The van der Waals surface area contributed by atoms with Crippen LogP contribution in [-0.2, 0) is 0 Å². The van der Waals surface area contributed by atoms with Crippen molar-refractivity contribution in [3.63, 3.8) is 0 Å². The fourth-order valence-electron chi connectivity index (χ4n) is 3.04. The van der Waals surface area contributed by atoms with Crippen LogP contribution in [0.25, 0.3) is 0 Å². The van der Waals surface area contributed by atoms with Crippen molar-refractivity contribution in [3.05, 3.63) is 53.9 Å². The summed E-state index contributed by atoms with van der Waals surface area (Å²) in [6.07, 6.45) is 5.75. The van der Waals surface area contributed by atoms with Crippen LogP contribution in [0.2, 0.25) is 0 Å². The predicted molar refractivity (Wildman–Crippen MR) is 94.4 cm³/mol. The van der Waals surface area contributed by atoms with Gasteiger partial charge in [-0.05, 0) is 55.5 Å². The zero-order valence-electron chi connectivity index (χ0n) is 13.9. The number of carbonyl (C=O) groups is 1. The van der Waals surface area contributed by atoms with E-state index in [0.717, 1.165) is 31.5 Å². The first kappa shape index (κ1) is 16.3. The first-order chi connectivity index (χ1) is 11.6. The molecule has 1 amide bonds. The second-order valence-electron chi connectivity index (χ2n) is 6.35. The lowest BCUT2D eigenvalue weighted by Crippen LogP contribution is -2.38. The van der Waals surface area contributed by atoms with E-state index in [1.165, 1.54) is 11.8 Å². The smallest absolute Gasteiger partial charge is 0.251 e. The minimum atomic E-state index is -0.123. The van der Waals surface area contributed by atoms with E-state index in [9.17, 15) is 9.90 Å². The largest absolute Gasteiger partial charge is 0.508 e. The number of carbonyl (C=O) groups excluding carboxylic acids is 1. The molecule has 0 saturated carbocycles. The summed E-state index contributed by atoms with van der Waals surface area (Å²) < 4.78 is 0. The summed E-state index contributed by atoms with van der Waals surface area (Å²) in [5, 5.41) is 12.7. The number of aromatic hydroxyl groups is 1. The molecule has 0 bridgehead atoms. The van der Waals surface area contributed by atoms with Gasteiger partial charge in [-0.3, -0.25) is 9.78 Å². The minimum absolute atomic E-state index is 0.123. The number of amides is 1. The molecular weight excluding hydrogens is 302 g/mol.